The number of aromatic amines is 1. The maximum absolute atomic E-state index is 11.4. The lowest BCUT2D eigenvalue weighted by Gasteiger charge is -2.07. The molecule has 0 bridgehead atoms. The minimum atomic E-state index is -0.196. The first-order valence-electron chi connectivity index (χ1n) is 4.78. The zero-order valence-corrected chi connectivity index (χ0v) is 10.2. The highest BCUT2D eigenvalue weighted by Crippen LogP contribution is 2.19. The van der Waals surface area contributed by atoms with Crippen molar-refractivity contribution in [3.63, 3.8) is 0 Å². The van der Waals surface area contributed by atoms with Gasteiger partial charge in [0.1, 0.15) is 10.1 Å². The molecule has 2 heterocycles. The second-order valence-electron chi connectivity index (χ2n) is 3.11. The fourth-order valence-electron chi connectivity index (χ4n) is 1.34. The third-order valence-electron chi connectivity index (χ3n) is 1.98. The number of aromatic nitrogens is 2. The highest BCUT2D eigenvalue weighted by molar-refractivity contribution is 9.10. The minimum Gasteiger partial charge on any atom is -0.320 e. The normalized spacial score (nSPS) is 10.6. The van der Waals surface area contributed by atoms with Gasteiger partial charge >= 0.3 is 0 Å². The molecule has 2 N–H and O–H groups in total. The summed E-state index contributed by atoms with van der Waals surface area (Å²) < 4.78 is 0.701. The Labute approximate surface area is 99.9 Å². The van der Waals surface area contributed by atoms with Gasteiger partial charge in [-0.25, -0.2) is 4.98 Å². The van der Waals surface area contributed by atoms with E-state index in [9.17, 15) is 4.79 Å². The van der Waals surface area contributed by atoms with Crippen LogP contribution in [0.1, 0.15) is 6.92 Å². The third kappa shape index (κ3) is 2.23. The van der Waals surface area contributed by atoms with E-state index >= 15 is 0 Å². The molecule has 0 aliphatic heterocycles. The maximum Gasteiger partial charge on any atom is 0.250 e. The van der Waals surface area contributed by atoms with E-state index in [1.807, 2.05) is 6.92 Å². The number of H-pyrrole nitrogens is 1. The van der Waals surface area contributed by atoms with Crippen molar-refractivity contribution in [2.45, 2.75) is 6.92 Å². The molecule has 0 amide bonds. The van der Waals surface area contributed by atoms with Crippen LogP contribution >= 0.6 is 15.9 Å². The molecule has 0 aromatic carbocycles. The Morgan fingerprint density at radius 3 is 3.12 bits per heavy atom. The van der Waals surface area contributed by atoms with Crippen molar-refractivity contribution in [2.75, 3.05) is 12.1 Å². The Bertz CT molecular complexity index is 567. The summed E-state index contributed by atoms with van der Waals surface area (Å²) in [6.07, 6.45) is 0. The van der Waals surface area contributed by atoms with Crippen molar-refractivity contribution >= 4 is 32.7 Å². The molecular formula is C10H10BrN3O2. The van der Waals surface area contributed by atoms with Gasteiger partial charge in [0.05, 0.1) is 17.8 Å². The van der Waals surface area contributed by atoms with Crippen LogP contribution in [0.3, 0.4) is 0 Å². The monoisotopic (exact) mass is 283 g/mol. The summed E-state index contributed by atoms with van der Waals surface area (Å²) in [4.78, 5) is 23.4. The van der Waals surface area contributed by atoms with E-state index in [0.29, 0.717) is 27.9 Å². The Kier molecular flexibility index (Phi) is 3.21. The minimum absolute atomic E-state index is 0.196. The number of rotatable bonds is 3. The Morgan fingerprint density at radius 2 is 2.38 bits per heavy atom. The van der Waals surface area contributed by atoms with Crippen LogP contribution in [0.5, 0.6) is 0 Å². The number of hydrogen-bond acceptors (Lipinski definition) is 4. The van der Waals surface area contributed by atoms with E-state index in [0.717, 1.165) is 0 Å². The standard InChI is InChI=1S/C10H10BrN3O2/c1-2-16-14-7-5-9(15)12-6-3-4-8(11)13-10(6)7/h3-5H,2H2,1H3,(H2,12,14,15). The van der Waals surface area contributed by atoms with Crippen LogP contribution in [0.15, 0.2) is 27.6 Å². The van der Waals surface area contributed by atoms with Gasteiger partial charge in [0.15, 0.2) is 0 Å². The van der Waals surface area contributed by atoms with Crippen LogP contribution in [0.4, 0.5) is 5.69 Å². The molecule has 2 rings (SSSR count). The summed E-state index contributed by atoms with van der Waals surface area (Å²) in [7, 11) is 0. The Morgan fingerprint density at radius 1 is 1.56 bits per heavy atom. The molecule has 0 atom stereocenters. The van der Waals surface area contributed by atoms with Gasteiger partial charge in [0.25, 0.3) is 5.56 Å². The first-order chi connectivity index (χ1) is 7.70. The average Bonchev–Trinajstić information content (AvgIpc) is 2.26. The van der Waals surface area contributed by atoms with Crippen molar-refractivity contribution in [1.29, 1.82) is 0 Å². The maximum atomic E-state index is 11.4. The van der Waals surface area contributed by atoms with Gasteiger partial charge in [-0.2, -0.15) is 0 Å². The zero-order chi connectivity index (χ0) is 11.5. The summed E-state index contributed by atoms with van der Waals surface area (Å²) in [5.41, 5.74) is 4.38. The predicted octanol–water partition coefficient (Wildman–Crippen LogP) is 2.05. The molecule has 0 saturated heterocycles. The number of nitrogens with one attached hydrogen (secondary N) is 2. The molecule has 84 valence electrons. The summed E-state index contributed by atoms with van der Waals surface area (Å²) in [6, 6.07) is 4.96. The smallest absolute Gasteiger partial charge is 0.250 e. The van der Waals surface area contributed by atoms with Crippen LogP contribution < -0.4 is 11.0 Å². The van der Waals surface area contributed by atoms with Crippen molar-refractivity contribution in [2.24, 2.45) is 0 Å². The predicted molar refractivity (Wildman–Crippen MR) is 65.3 cm³/mol. The molecule has 0 saturated carbocycles. The molecule has 0 fully saturated rings. The fraction of sp³-hybridized carbons (Fsp3) is 0.200. The number of hydrogen-bond donors (Lipinski definition) is 2. The van der Waals surface area contributed by atoms with E-state index in [1.165, 1.54) is 6.07 Å². The fourth-order valence-corrected chi connectivity index (χ4v) is 1.65. The van der Waals surface area contributed by atoms with Crippen LogP contribution in [0.2, 0.25) is 0 Å². The molecule has 0 aliphatic rings. The molecule has 6 heteroatoms. The lowest BCUT2D eigenvalue weighted by atomic mass is 10.3. The Hall–Kier alpha value is -1.40. The van der Waals surface area contributed by atoms with Crippen molar-refractivity contribution in [3.05, 3.63) is 33.2 Å². The molecule has 0 unspecified atom stereocenters. The third-order valence-corrected chi connectivity index (χ3v) is 2.42. The van der Waals surface area contributed by atoms with Gasteiger partial charge in [0, 0.05) is 6.07 Å². The average molecular weight is 284 g/mol. The number of pyridine rings is 2. The van der Waals surface area contributed by atoms with Gasteiger partial charge < -0.3 is 4.98 Å². The quantitative estimate of drug-likeness (QED) is 0.668. The number of nitrogens with zero attached hydrogens (tertiary/aromatic N) is 1. The second-order valence-corrected chi connectivity index (χ2v) is 3.92. The molecule has 16 heavy (non-hydrogen) atoms. The summed E-state index contributed by atoms with van der Waals surface area (Å²) in [5, 5.41) is 0. The van der Waals surface area contributed by atoms with Gasteiger partial charge in [-0.05, 0) is 35.0 Å². The van der Waals surface area contributed by atoms with Crippen molar-refractivity contribution < 1.29 is 4.84 Å². The molecular weight excluding hydrogens is 274 g/mol. The first kappa shape index (κ1) is 11.1. The van der Waals surface area contributed by atoms with E-state index in [2.05, 4.69) is 31.4 Å². The molecule has 0 spiro atoms. The van der Waals surface area contributed by atoms with Gasteiger partial charge in [0.2, 0.25) is 0 Å². The van der Waals surface area contributed by atoms with Crippen LogP contribution in [0, 0.1) is 0 Å². The lowest BCUT2D eigenvalue weighted by Crippen LogP contribution is -2.09. The topological polar surface area (TPSA) is 67.0 Å². The van der Waals surface area contributed by atoms with Crippen LogP contribution in [0.25, 0.3) is 11.0 Å². The van der Waals surface area contributed by atoms with E-state index in [-0.39, 0.29) is 5.56 Å². The molecule has 5 nitrogen and oxygen atoms in total. The number of halogens is 1. The molecule has 2 aromatic rings. The summed E-state index contributed by atoms with van der Waals surface area (Å²) in [5.74, 6) is 0. The largest absolute Gasteiger partial charge is 0.320 e. The molecule has 0 radical (unpaired) electrons. The van der Waals surface area contributed by atoms with Crippen molar-refractivity contribution in [3.8, 4) is 0 Å². The van der Waals surface area contributed by atoms with E-state index in [4.69, 9.17) is 4.84 Å². The van der Waals surface area contributed by atoms with Gasteiger partial charge in [-0.1, -0.05) is 0 Å². The van der Waals surface area contributed by atoms with Gasteiger partial charge in [-0.15, -0.1) is 0 Å². The van der Waals surface area contributed by atoms with E-state index < -0.39 is 0 Å². The second kappa shape index (κ2) is 4.63. The SMILES string of the molecule is CCONc1cc(=O)[nH]c2ccc(Br)nc12. The highest BCUT2D eigenvalue weighted by Gasteiger charge is 2.05. The van der Waals surface area contributed by atoms with Crippen molar-refractivity contribution in [1.82, 2.24) is 9.97 Å². The lowest BCUT2D eigenvalue weighted by molar-refractivity contribution is 0.211. The van der Waals surface area contributed by atoms with Crippen LogP contribution in [-0.2, 0) is 4.84 Å². The highest BCUT2D eigenvalue weighted by atomic mass is 79.9. The number of anilines is 1. The molecule has 0 aliphatic carbocycles. The Balaban J connectivity index is 2.60. The summed E-state index contributed by atoms with van der Waals surface area (Å²) in [6.45, 7) is 2.36. The number of fused-ring (bicyclic) bond motifs is 1. The zero-order valence-electron chi connectivity index (χ0n) is 8.58. The van der Waals surface area contributed by atoms with Crippen LogP contribution in [-0.4, -0.2) is 16.6 Å². The summed E-state index contributed by atoms with van der Waals surface area (Å²) >= 11 is 3.28. The van der Waals surface area contributed by atoms with E-state index in [1.54, 1.807) is 12.1 Å². The first-order valence-corrected chi connectivity index (χ1v) is 5.57. The molecule has 2 aromatic heterocycles. The van der Waals surface area contributed by atoms with Gasteiger partial charge in [-0.3, -0.25) is 15.1 Å².